The lowest BCUT2D eigenvalue weighted by molar-refractivity contribution is 0.0982. The second-order valence-electron chi connectivity index (χ2n) is 3.98. The van der Waals surface area contributed by atoms with Gasteiger partial charge in [-0.3, -0.25) is 9.48 Å². The average Bonchev–Trinajstić information content (AvgIpc) is 2.87. The summed E-state index contributed by atoms with van der Waals surface area (Å²) in [6.07, 6.45) is 2.02. The molecule has 2 rings (SSSR count). The summed E-state index contributed by atoms with van der Waals surface area (Å²) in [4.78, 5) is 12.2. The number of rotatable bonds is 5. The van der Waals surface area contributed by atoms with Crippen molar-refractivity contribution in [1.82, 2.24) is 9.78 Å². The Morgan fingerprint density at radius 3 is 2.94 bits per heavy atom. The first-order valence-electron chi connectivity index (χ1n) is 5.92. The van der Waals surface area contributed by atoms with Crippen LogP contribution in [-0.4, -0.2) is 22.7 Å². The van der Waals surface area contributed by atoms with Crippen LogP contribution in [0.2, 0.25) is 0 Å². The van der Waals surface area contributed by atoms with E-state index in [1.807, 2.05) is 31.2 Å². The summed E-state index contributed by atoms with van der Waals surface area (Å²) < 4.78 is 6.85. The van der Waals surface area contributed by atoms with Gasteiger partial charge in [-0.25, -0.2) is 0 Å². The van der Waals surface area contributed by atoms with Gasteiger partial charge in [0.05, 0.1) is 7.11 Å². The van der Waals surface area contributed by atoms with Gasteiger partial charge >= 0.3 is 0 Å². The first-order valence-corrected chi connectivity index (χ1v) is 5.92. The van der Waals surface area contributed by atoms with Crippen molar-refractivity contribution in [3.63, 3.8) is 0 Å². The number of benzene rings is 1. The van der Waals surface area contributed by atoms with Crippen molar-refractivity contribution in [2.24, 2.45) is 0 Å². The Morgan fingerprint density at radius 2 is 2.22 bits per heavy atom. The second kappa shape index (κ2) is 5.49. The smallest absolute Gasteiger partial charge is 0.185 e. The van der Waals surface area contributed by atoms with E-state index < -0.39 is 0 Å². The molecular weight excluding hydrogens is 228 g/mol. The van der Waals surface area contributed by atoms with E-state index in [1.54, 1.807) is 24.1 Å². The summed E-state index contributed by atoms with van der Waals surface area (Å²) in [6.45, 7) is 2.67. The number of carbonyl (C=O) groups excluding carboxylic acids is 1. The maximum absolute atomic E-state index is 12.2. The van der Waals surface area contributed by atoms with E-state index in [4.69, 9.17) is 4.74 Å². The van der Waals surface area contributed by atoms with Gasteiger partial charge in [-0.1, -0.05) is 12.1 Å². The lowest BCUT2D eigenvalue weighted by atomic mass is 10.1. The molecule has 0 fully saturated rings. The van der Waals surface area contributed by atoms with Crippen LogP contribution < -0.4 is 4.74 Å². The Hall–Kier alpha value is -2.10. The first-order chi connectivity index (χ1) is 8.74. The molecule has 1 aromatic heterocycles. The van der Waals surface area contributed by atoms with Crippen LogP contribution >= 0.6 is 0 Å². The van der Waals surface area contributed by atoms with Crippen LogP contribution in [0.1, 0.15) is 23.0 Å². The molecule has 0 aliphatic carbocycles. The Balaban J connectivity index is 2.16. The van der Waals surface area contributed by atoms with Gasteiger partial charge in [-0.05, 0) is 30.7 Å². The third-order valence-electron chi connectivity index (χ3n) is 2.80. The van der Waals surface area contributed by atoms with Gasteiger partial charge in [0.2, 0.25) is 0 Å². The van der Waals surface area contributed by atoms with E-state index >= 15 is 0 Å². The molecule has 0 bridgehead atoms. The van der Waals surface area contributed by atoms with Crippen LogP contribution in [0.4, 0.5) is 0 Å². The highest BCUT2D eigenvalue weighted by Crippen LogP contribution is 2.14. The summed E-state index contributed by atoms with van der Waals surface area (Å²) in [5, 5.41) is 4.10. The van der Waals surface area contributed by atoms with Crippen molar-refractivity contribution < 1.29 is 9.53 Å². The lowest BCUT2D eigenvalue weighted by Gasteiger charge is -2.05. The number of methoxy groups -OCH3 is 1. The van der Waals surface area contributed by atoms with Crippen molar-refractivity contribution in [2.45, 2.75) is 19.9 Å². The number of hydrogen-bond donors (Lipinski definition) is 0. The third kappa shape index (κ3) is 2.59. The quantitative estimate of drug-likeness (QED) is 0.758. The molecule has 0 radical (unpaired) electrons. The molecule has 0 N–H and O–H groups in total. The number of hydrogen-bond acceptors (Lipinski definition) is 3. The maximum atomic E-state index is 12.2. The zero-order chi connectivity index (χ0) is 13.0. The van der Waals surface area contributed by atoms with Gasteiger partial charge in [0, 0.05) is 19.2 Å². The Bertz CT molecular complexity index is 546. The molecule has 0 atom stereocenters. The Labute approximate surface area is 106 Å². The molecule has 0 saturated heterocycles. The SMILES string of the molecule is CCn1nccc1C(=O)Cc1cccc(OC)c1. The largest absolute Gasteiger partial charge is 0.497 e. The first kappa shape index (κ1) is 12.4. The number of aryl methyl sites for hydroxylation is 1. The summed E-state index contributed by atoms with van der Waals surface area (Å²) >= 11 is 0. The zero-order valence-corrected chi connectivity index (χ0v) is 10.6. The second-order valence-corrected chi connectivity index (χ2v) is 3.98. The Kier molecular flexibility index (Phi) is 3.77. The van der Waals surface area contributed by atoms with E-state index in [1.165, 1.54) is 0 Å². The Morgan fingerprint density at radius 1 is 1.39 bits per heavy atom. The van der Waals surface area contributed by atoms with Crippen LogP contribution in [0.15, 0.2) is 36.5 Å². The van der Waals surface area contributed by atoms with E-state index in [0.29, 0.717) is 18.7 Å². The van der Waals surface area contributed by atoms with E-state index in [2.05, 4.69) is 5.10 Å². The van der Waals surface area contributed by atoms with Crippen LogP contribution in [0.5, 0.6) is 5.75 Å². The van der Waals surface area contributed by atoms with Gasteiger partial charge in [0.1, 0.15) is 11.4 Å². The fourth-order valence-electron chi connectivity index (χ4n) is 1.88. The molecule has 0 aliphatic rings. The van der Waals surface area contributed by atoms with E-state index in [-0.39, 0.29) is 5.78 Å². The topological polar surface area (TPSA) is 44.1 Å². The van der Waals surface area contributed by atoms with Crippen LogP contribution in [0, 0.1) is 0 Å². The van der Waals surface area contributed by atoms with Gasteiger partial charge in [-0.2, -0.15) is 5.10 Å². The molecule has 0 aliphatic heterocycles. The van der Waals surface area contributed by atoms with Gasteiger partial charge in [-0.15, -0.1) is 0 Å². The highest BCUT2D eigenvalue weighted by Gasteiger charge is 2.12. The number of nitrogens with zero attached hydrogens (tertiary/aromatic N) is 2. The monoisotopic (exact) mass is 244 g/mol. The molecule has 1 heterocycles. The molecule has 2 aromatic rings. The lowest BCUT2D eigenvalue weighted by Crippen LogP contribution is -2.11. The number of aromatic nitrogens is 2. The number of ketones is 1. The maximum Gasteiger partial charge on any atom is 0.185 e. The molecule has 0 unspecified atom stereocenters. The molecule has 18 heavy (non-hydrogen) atoms. The van der Waals surface area contributed by atoms with Crippen molar-refractivity contribution in [2.75, 3.05) is 7.11 Å². The van der Waals surface area contributed by atoms with Crippen LogP contribution in [0.3, 0.4) is 0 Å². The minimum atomic E-state index is 0.0719. The van der Waals surface area contributed by atoms with Crippen molar-refractivity contribution >= 4 is 5.78 Å². The summed E-state index contributed by atoms with van der Waals surface area (Å²) in [5.74, 6) is 0.840. The summed E-state index contributed by atoms with van der Waals surface area (Å²) in [7, 11) is 1.62. The molecule has 4 heteroatoms. The minimum Gasteiger partial charge on any atom is -0.497 e. The molecule has 4 nitrogen and oxygen atoms in total. The highest BCUT2D eigenvalue weighted by molar-refractivity contribution is 5.96. The van der Waals surface area contributed by atoms with Crippen molar-refractivity contribution in [3.05, 3.63) is 47.8 Å². The molecule has 0 amide bonds. The zero-order valence-electron chi connectivity index (χ0n) is 10.6. The predicted octanol–water partition coefficient (Wildman–Crippen LogP) is 2.34. The minimum absolute atomic E-state index is 0.0719. The standard InChI is InChI=1S/C14H16N2O2/c1-3-16-13(7-8-15-16)14(17)10-11-5-4-6-12(9-11)18-2/h4-9H,3,10H2,1-2H3. The normalized spacial score (nSPS) is 10.3. The fraction of sp³-hybridized carbons (Fsp3) is 0.286. The van der Waals surface area contributed by atoms with Crippen LogP contribution in [0.25, 0.3) is 0 Å². The fourth-order valence-corrected chi connectivity index (χ4v) is 1.88. The predicted molar refractivity (Wildman–Crippen MR) is 68.9 cm³/mol. The molecular formula is C14H16N2O2. The van der Waals surface area contributed by atoms with Gasteiger partial charge in [0.25, 0.3) is 0 Å². The van der Waals surface area contributed by atoms with Gasteiger partial charge in [0.15, 0.2) is 5.78 Å². The van der Waals surface area contributed by atoms with E-state index in [9.17, 15) is 4.79 Å². The van der Waals surface area contributed by atoms with Crippen molar-refractivity contribution in [1.29, 1.82) is 0 Å². The number of carbonyl (C=O) groups is 1. The number of Topliss-reactive ketones (excluding diaryl/α,β-unsaturated/α-hetero) is 1. The summed E-state index contributed by atoms with van der Waals surface area (Å²) in [6, 6.07) is 9.31. The molecule has 1 aromatic carbocycles. The van der Waals surface area contributed by atoms with Gasteiger partial charge < -0.3 is 4.74 Å². The van der Waals surface area contributed by atoms with Crippen molar-refractivity contribution in [3.8, 4) is 5.75 Å². The number of ether oxygens (including phenoxy) is 1. The molecule has 0 saturated carbocycles. The van der Waals surface area contributed by atoms with Crippen LogP contribution in [-0.2, 0) is 13.0 Å². The highest BCUT2D eigenvalue weighted by atomic mass is 16.5. The molecule has 94 valence electrons. The third-order valence-corrected chi connectivity index (χ3v) is 2.80. The molecule has 0 spiro atoms. The summed E-state index contributed by atoms with van der Waals surface area (Å²) in [5.41, 5.74) is 1.60. The van der Waals surface area contributed by atoms with E-state index in [0.717, 1.165) is 11.3 Å². The average molecular weight is 244 g/mol.